The van der Waals surface area contributed by atoms with Gasteiger partial charge >= 0.3 is 6.09 Å². The number of carbonyl (C=O) groups is 1. The molecule has 19 heavy (non-hydrogen) atoms. The maximum Gasteiger partial charge on any atom is 0.407 e. The highest BCUT2D eigenvalue weighted by atomic mass is 16.6. The van der Waals surface area contributed by atoms with E-state index in [2.05, 4.69) is 10.6 Å². The van der Waals surface area contributed by atoms with E-state index in [-0.39, 0.29) is 6.09 Å². The summed E-state index contributed by atoms with van der Waals surface area (Å²) in [5.41, 5.74) is -0.419. The molecule has 0 atom stereocenters. The van der Waals surface area contributed by atoms with Gasteiger partial charge in [0.15, 0.2) is 0 Å². The van der Waals surface area contributed by atoms with Crippen molar-refractivity contribution in [2.45, 2.75) is 64.9 Å². The fourth-order valence-electron chi connectivity index (χ4n) is 2.44. The summed E-state index contributed by atoms with van der Waals surface area (Å²) in [6.45, 7) is 8.14. The van der Waals surface area contributed by atoms with Gasteiger partial charge in [-0.15, -0.1) is 0 Å². The summed E-state index contributed by atoms with van der Waals surface area (Å²) in [6.07, 6.45) is 7.93. The van der Waals surface area contributed by atoms with Gasteiger partial charge in [0, 0.05) is 13.1 Å². The molecular weight excluding hydrogens is 240 g/mol. The third-order valence-corrected chi connectivity index (χ3v) is 3.38. The van der Waals surface area contributed by atoms with Crippen molar-refractivity contribution in [3.05, 3.63) is 0 Å². The first kappa shape index (κ1) is 16.3. The van der Waals surface area contributed by atoms with Gasteiger partial charge in [-0.05, 0) is 46.1 Å². The van der Waals surface area contributed by atoms with Crippen molar-refractivity contribution >= 4 is 6.09 Å². The first-order valence-corrected chi connectivity index (χ1v) is 7.65. The maximum atomic E-state index is 11.4. The van der Waals surface area contributed by atoms with Crippen LogP contribution in [-0.4, -0.2) is 31.3 Å². The van der Waals surface area contributed by atoms with E-state index in [0.717, 1.165) is 19.0 Å². The Kier molecular flexibility index (Phi) is 7.21. The molecule has 0 aromatic carbocycles. The van der Waals surface area contributed by atoms with Gasteiger partial charge in [-0.2, -0.15) is 0 Å². The topological polar surface area (TPSA) is 50.4 Å². The average Bonchev–Trinajstić information content (AvgIpc) is 2.54. The lowest BCUT2D eigenvalue weighted by Crippen LogP contribution is -2.37. The van der Waals surface area contributed by atoms with Crippen LogP contribution >= 0.6 is 0 Å². The number of rotatable bonds is 5. The van der Waals surface area contributed by atoms with Crippen molar-refractivity contribution in [1.29, 1.82) is 0 Å². The summed E-state index contributed by atoms with van der Waals surface area (Å²) in [5, 5.41) is 6.20. The van der Waals surface area contributed by atoms with Gasteiger partial charge in [0.2, 0.25) is 0 Å². The minimum atomic E-state index is -0.419. The Morgan fingerprint density at radius 1 is 1.11 bits per heavy atom. The van der Waals surface area contributed by atoms with Crippen LogP contribution < -0.4 is 10.6 Å². The van der Waals surface area contributed by atoms with Gasteiger partial charge in [-0.1, -0.05) is 25.7 Å². The number of nitrogens with one attached hydrogen (secondary N) is 2. The molecule has 0 unspecified atom stereocenters. The van der Waals surface area contributed by atoms with E-state index < -0.39 is 5.60 Å². The molecule has 2 N–H and O–H groups in total. The van der Waals surface area contributed by atoms with Crippen LogP contribution in [0.25, 0.3) is 0 Å². The van der Waals surface area contributed by atoms with E-state index in [1.165, 1.54) is 38.5 Å². The highest BCUT2D eigenvalue weighted by molar-refractivity contribution is 5.67. The van der Waals surface area contributed by atoms with Crippen molar-refractivity contribution in [3.8, 4) is 0 Å². The van der Waals surface area contributed by atoms with Crippen LogP contribution in [0.1, 0.15) is 59.3 Å². The summed E-state index contributed by atoms with van der Waals surface area (Å²) in [7, 11) is 0. The van der Waals surface area contributed by atoms with Gasteiger partial charge in [-0.3, -0.25) is 0 Å². The standard InChI is InChI=1S/C15H30N2O2/c1-15(2,3)19-14(18)17-11-10-16-12-13-8-6-4-5-7-9-13/h13,16H,4-12H2,1-3H3,(H,17,18). The van der Waals surface area contributed by atoms with Gasteiger partial charge < -0.3 is 15.4 Å². The van der Waals surface area contributed by atoms with E-state index in [1.54, 1.807) is 0 Å². The molecule has 0 aliphatic heterocycles. The summed E-state index contributed by atoms with van der Waals surface area (Å²) in [6, 6.07) is 0. The fraction of sp³-hybridized carbons (Fsp3) is 0.933. The molecular formula is C15H30N2O2. The minimum Gasteiger partial charge on any atom is -0.444 e. The van der Waals surface area contributed by atoms with Gasteiger partial charge in [0.1, 0.15) is 5.60 Å². The van der Waals surface area contributed by atoms with E-state index >= 15 is 0 Å². The van der Waals surface area contributed by atoms with Crippen molar-refractivity contribution in [2.75, 3.05) is 19.6 Å². The minimum absolute atomic E-state index is 0.330. The predicted molar refractivity (Wildman–Crippen MR) is 78.3 cm³/mol. The lowest BCUT2D eigenvalue weighted by atomic mass is 10.0. The van der Waals surface area contributed by atoms with E-state index in [9.17, 15) is 4.79 Å². The molecule has 0 heterocycles. The molecule has 0 spiro atoms. The van der Waals surface area contributed by atoms with Crippen LogP contribution in [0.15, 0.2) is 0 Å². The van der Waals surface area contributed by atoms with Gasteiger partial charge in [0.25, 0.3) is 0 Å². The van der Waals surface area contributed by atoms with Gasteiger partial charge in [0.05, 0.1) is 0 Å². The zero-order chi connectivity index (χ0) is 14.1. The van der Waals surface area contributed by atoms with E-state index in [0.29, 0.717) is 6.54 Å². The normalized spacial score (nSPS) is 17.8. The first-order chi connectivity index (χ1) is 8.97. The average molecular weight is 270 g/mol. The van der Waals surface area contributed by atoms with Crippen LogP contribution in [0.4, 0.5) is 4.79 Å². The molecule has 0 bridgehead atoms. The monoisotopic (exact) mass is 270 g/mol. The largest absolute Gasteiger partial charge is 0.444 e. The molecule has 4 nitrogen and oxygen atoms in total. The summed E-state index contributed by atoms with van der Waals surface area (Å²) >= 11 is 0. The zero-order valence-corrected chi connectivity index (χ0v) is 12.8. The second-order valence-corrected chi connectivity index (χ2v) is 6.49. The number of carbonyl (C=O) groups excluding carboxylic acids is 1. The van der Waals surface area contributed by atoms with Crippen molar-refractivity contribution < 1.29 is 9.53 Å². The van der Waals surface area contributed by atoms with Crippen molar-refractivity contribution in [1.82, 2.24) is 10.6 Å². The lowest BCUT2D eigenvalue weighted by Gasteiger charge is -2.20. The molecule has 0 radical (unpaired) electrons. The molecule has 0 aromatic heterocycles. The van der Waals surface area contributed by atoms with E-state index in [1.807, 2.05) is 20.8 Å². The molecule has 0 aromatic rings. The first-order valence-electron chi connectivity index (χ1n) is 7.65. The molecule has 1 saturated carbocycles. The summed E-state index contributed by atoms with van der Waals surface area (Å²) < 4.78 is 5.17. The van der Waals surface area contributed by atoms with Crippen LogP contribution in [0.2, 0.25) is 0 Å². The Morgan fingerprint density at radius 3 is 2.32 bits per heavy atom. The Hall–Kier alpha value is -0.770. The third kappa shape index (κ3) is 8.87. The molecule has 1 aliphatic rings. The number of hydrogen-bond acceptors (Lipinski definition) is 3. The quantitative estimate of drug-likeness (QED) is 0.596. The predicted octanol–water partition coefficient (Wildman–Crippen LogP) is 3.07. The number of alkyl carbamates (subject to hydrolysis) is 1. The molecule has 1 rings (SSSR count). The van der Waals surface area contributed by atoms with E-state index in [4.69, 9.17) is 4.74 Å². The smallest absolute Gasteiger partial charge is 0.407 e. The molecule has 112 valence electrons. The van der Waals surface area contributed by atoms with Crippen molar-refractivity contribution in [2.24, 2.45) is 5.92 Å². The Bertz CT molecular complexity index is 253. The number of amides is 1. The number of ether oxygens (including phenoxy) is 1. The van der Waals surface area contributed by atoms with Gasteiger partial charge in [-0.25, -0.2) is 4.79 Å². The van der Waals surface area contributed by atoms with Crippen LogP contribution in [0, 0.1) is 5.92 Å². The molecule has 1 fully saturated rings. The SMILES string of the molecule is CC(C)(C)OC(=O)NCCNCC1CCCCCC1. The summed E-state index contributed by atoms with van der Waals surface area (Å²) in [4.78, 5) is 11.4. The molecule has 0 saturated heterocycles. The lowest BCUT2D eigenvalue weighted by molar-refractivity contribution is 0.0528. The molecule has 1 aliphatic carbocycles. The highest BCUT2D eigenvalue weighted by Gasteiger charge is 2.15. The van der Waals surface area contributed by atoms with Crippen LogP contribution in [-0.2, 0) is 4.74 Å². The molecule has 4 heteroatoms. The zero-order valence-electron chi connectivity index (χ0n) is 12.8. The third-order valence-electron chi connectivity index (χ3n) is 3.38. The Labute approximate surface area is 117 Å². The second-order valence-electron chi connectivity index (χ2n) is 6.49. The molecule has 1 amide bonds. The number of hydrogen-bond donors (Lipinski definition) is 2. The highest BCUT2D eigenvalue weighted by Crippen LogP contribution is 2.21. The van der Waals surface area contributed by atoms with Crippen LogP contribution in [0.5, 0.6) is 0 Å². The van der Waals surface area contributed by atoms with Crippen LogP contribution in [0.3, 0.4) is 0 Å². The maximum absolute atomic E-state index is 11.4. The summed E-state index contributed by atoms with van der Waals surface area (Å²) in [5.74, 6) is 0.823. The van der Waals surface area contributed by atoms with Crippen molar-refractivity contribution in [3.63, 3.8) is 0 Å². The second kappa shape index (κ2) is 8.41. The fourth-order valence-corrected chi connectivity index (χ4v) is 2.44. The Balaban J connectivity index is 2.00. The Morgan fingerprint density at radius 2 is 1.74 bits per heavy atom.